The summed E-state index contributed by atoms with van der Waals surface area (Å²) in [5.74, 6) is 2.35. The van der Waals surface area contributed by atoms with E-state index in [1.165, 1.54) is 5.56 Å². The Morgan fingerprint density at radius 2 is 2.00 bits per heavy atom. The van der Waals surface area contributed by atoms with E-state index >= 15 is 0 Å². The van der Waals surface area contributed by atoms with Crippen LogP contribution in [0.1, 0.15) is 22.9 Å². The number of alkyl halides is 1. The van der Waals surface area contributed by atoms with Crippen LogP contribution in [-0.4, -0.2) is 16.1 Å². The van der Waals surface area contributed by atoms with Gasteiger partial charge < -0.3 is 4.42 Å². The second kappa shape index (κ2) is 6.43. The Bertz CT molecular complexity index is 478. The van der Waals surface area contributed by atoms with E-state index in [1.54, 1.807) is 11.8 Å². The van der Waals surface area contributed by atoms with E-state index in [4.69, 9.17) is 4.42 Å². The summed E-state index contributed by atoms with van der Waals surface area (Å²) in [6, 6.07) is 10.5. The highest BCUT2D eigenvalue weighted by Gasteiger charge is 2.13. The predicted molar refractivity (Wildman–Crippen MR) is 79.7 cm³/mol. The molecule has 0 fully saturated rings. The molecule has 1 atom stereocenters. The van der Waals surface area contributed by atoms with Crippen molar-refractivity contribution < 1.29 is 4.42 Å². The highest BCUT2D eigenvalue weighted by atomic mass is 79.9. The normalized spacial score (nSPS) is 12.6. The number of halogens is 1. The lowest BCUT2D eigenvalue weighted by Gasteiger charge is -2.12. The molecular weight excluding hydrogens is 310 g/mol. The maximum Gasteiger partial charge on any atom is 0.256 e. The summed E-state index contributed by atoms with van der Waals surface area (Å²) < 4.78 is 5.58. The lowest BCUT2D eigenvalue weighted by atomic mass is 10.0. The first kappa shape index (κ1) is 13.7. The van der Waals surface area contributed by atoms with E-state index in [0.717, 1.165) is 27.8 Å². The lowest BCUT2D eigenvalue weighted by Crippen LogP contribution is -2.03. The Morgan fingerprint density at radius 3 is 2.56 bits per heavy atom. The maximum atomic E-state index is 5.58. The van der Waals surface area contributed by atoms with Gasteiger partial charge in [0.15, 0.2) is 0 Å². The van der Waals surface area contributed by atoms with E-state index in [-0.39, 0.29) is 0 Å². The van der Waals surface area contributed by atoms with Gasteiger partial charge in [-0.3, -0.25) is 0 Å². The standard InChI is InChI=1S/C14H16BrNOS/c1-10-11(2)17-14(16-10)18-9-13(8-15)12-6-4-3-5-7-12/h3-7,13H,8-9H2,1-2H3. The minimum absolute atomic E-state index is 0.476. The first-order chi connectivity index (χ1) is 8.70. The third kappa shape index (κ3) is 3.39. The molecule has 0 N–H and O–H groups in total. The molecule has 96 valence electrons. The second-order valence-corrected chi connectivity index (χ2v) is 5.81. The molecule has 1 aromatic heterocycles. The average molecular weight is 326 g/mol. The van der Waals surface area contributed by atoms with Crippen molar-refractivity contribution in [2.75, 3.05) is 11.1 Å². The largest absolute Gasteiger partial charge is 0.437 e. The molecule has 0 saturated carbocycles. The van der Waals surface area contributed by atoms with Gasteiger partial charge in [0.25, 0.3) is 5.22 Å². The number of benzene rings is 1. The van der Waals surface area contributed by atoms with Crippen LogP contribution in [0.15, 0.2) is 40.0 Å². The van der Waals surface area contributed by atoms with Crippen LogP contribution in [0.5, 0.6) is 0 Å². The minimum Gasteiger partial charge on any atom is -0.437 e. The van der Waals surface area contributed by atoms with E-state index in [0.29, 0.717) is 5.92 Å². The van der Waals surface area contributed by atoms with Gasteiger partial charge in [-0.25, -0.2) is 4.98 Å². The van der Waals surface area contributed by atoms with Gasteiger partial charge in [-0.05, 0) is 19.4 Å². The molecule has 0 aliphatic rings. The highest BCUT2D eigenvalue weighted by Crippen LogP contribution is 2.28. The fourth-order valence-corrected chi connectivity index (χ4v) is 3.58. The lowest BCUT2D eigenvalue weighted by molar-refractivity contribution is 0.431. The highest BCUT2D eigenvalue weighted by molar-refractivity contribution is 9.09. The number of hydrogen-bond donors (Lipinski definition) is 0. The van der Waals surface area contributed by atoms with Crippen LogP contribution >= 0.6 is 27.7 Å². The van der Waals surface area contributed by atoms with Gasteiger partial charge in [-0.2, -0.15) is 0 Å². The zero-order valence-corrected chi connectivity index (χ0v) is 12.9. The van der Waals surface area contributed by atoms with Crippen molar-refractivity contribution in [2.45, 2.75) is 25.0 Å². The summed E-state index contributed by atoms with van der Waals surface area (Å²) in [6.45, 7) is 3.92. The van der Waals surface area contributed by atoms with Gasteiger partial charge in [0, 0.05) is 17.0 Å². The molecule has 0 saturated heterocycles. The average Bonchev–Trinajstić information content (AvgIpc) is 2.71. The predicted octanol–water partition coefficient (Wildman–Crippen LogP) is 4.56. The van der Waals surface area contributed by atoms with E-state index in [1.807, 2.05) is 19.9 Å². The SMILES string of the molecule is Cc1nc(SCC(CBr)c2ccccc2)oc1C. The number of thioether (sulfide) groups is 1. The molecule has 1 aromatic carbocycles. The molecule has 4 heteroatoms. The van der Waals surface area contributed by atoms with Crippen LogP contribution in [0.3, 0.4) is 0 Å². The Balaban J connectivity index is 1.99. The quantitative estimate of drug-likeness (QED) is 0.595. The Morgan fingerprint density at radius 1 is 1.28 bits per heavy atom. The minimum atomic E-state index is 0.476. The number of hydrogen-bond acceptors (Lipinski definition) is 3. The van der Waals surface area contributed by atoms with Gasteiger partial charge in [-0.1, -0.05) is 58.0 Å². The molecule has 2 rings (SSSR count). The third-order valence-corrected chi connectivity index (χ3v) is 4.65. The molecule has 1 unspecified atom stereocenters. The zero-order valence-electron chi connectivity index (χ0n) is 10.5. The molecule has 2 aromatic rings. The van der Waals surface area contributed by atoms with Gasteiger partial charge in [0.1, 0.15) is 5.76 Å². The van der Waals surface area contributed by atoms with Gasteiger partial charge >= 0.3 is 0 Å². The number of nitrogens with zero attached hydrogens (tertiary/aromatic N) is 1. The fourth-order valence-electron chi connectivity index (χ4n) is 1.63. The summed E-state index contributed by atoms with van der Waals surface area (Å²) in [5.41, 5.74) is 2.33. The van der Waals surface area contributed by atoms with E-state index < -0.39 is 0 Å². The summed E-state index contributed by atoms with van der Waals surface area (Å²) in [6.07, 6.45) is 0. The zero-order chi connectivity index (χ0) is 13.0. The first-order valence-corrected chi connectivity index (χ1v) is 7.99. The topological polar surface area (TPSA) is 26.0 Å². The molecule has 0 bridgehead atoms. The molecule has 1 heterocycles. The van der Waals surface area contributed by atoms with Crippen molar-refractivity contribution >= 4 is 27.7 Å². The smallest absolute Gasteiger partial charge is 0.256 e. The van der Waals surface area contributed by atoms with Gasteiger partial charge in [-0.15, -0.1) is 0 Å². The summed E-state index contributed by atoms with van der Waals surface area (Å²) in [7, 11) is 0. The first-order valence-electron chi connectivity index (χ1n) is 5.88. The Hall–Kier alpha value is -0.740. The van der Waals surface area contributed by atoms with Crippen LogP contribution < -0.4 is 0 Å². The van der Waals surface area contributed by atoms with Crippen molar-refractivity contribution in [3.05, 3.63) is 47.3 Å². The van der Waals surface area contributed by atoms with Crippen molar-refractivity contribution in [3.8, 4) is 0 Å². The van der Waals surface area contributed by atoms with Gasteiger partial charge in [0.2, 0.25) is 0 Å². The molecule has 2 nitrogen and oxygen atoms in total. The summed E-state index contributed by atoms with van der Waals surface area (Å²) >= 11 is 5.26. The number of aryl methyl sites for hydroxylation is 2. The molecule has 0 amide bonds. The van der Waals surface area contributed by atoms with Crippen LogP contribution in [0.2, 0.25) is 0 Å². The monoisotopic (exact) mass is 325 g/mol. The van der Waals surface area contributed by atoms with Crippen LogP contribution in [0, 0.1) is 13.8 Å². The van der Waals surface area contributed by atoms with Crippen molar-refractivity contribution in [3.63, 3.8) is 0 Å². The molecule has 18 heavy (non-hydrogen) atoms. The van der Waals surface area contributed by atoms with Crippen molar-refractivity contribution in [1.82, 2.24) is 4.98 Å². The Kier molecular flexibility index (Phi) is 4.89. The molecule has 0 aliphatic heterocycles. The van der Waals surface area contributed by atoms with Crippen LogP contribution in [0.4, 0.5) is 0 Å². The van der Waals surface area contributed by atoms with Crippen molar-refractivity contribution in [1.29, 1.82) is 0 Å². The second-order valence-electron chi connectivity index (χ2n) is 4.19. The number of oxazole rings is 1. The number of rotatable bonds is 5. The summed E-state index contributed by atoms with van der Waals surface area (Å²) in [5, 5.41) is 1.72. The molecular formula is C14H16BrNOS. The Labute approximate surface area is 120 Å². The maximum absolute atomic E-state index is 5.58. The third-order valence-electron chi connectivity index (χ3n) is 2.87. The molecule has 0 radical (unpaired) electrons. The fraction of sp³-hybridized carbons (Fsp3) is 0.357. The van der Waals surface area contributed by atoms with Crippen LogP contribution in [0.25, 0.3) is 0 Å². The van der Waals surface area contributed by atoms with E-state index in [9.17, 15) is 0 Å². The number of aromatic nitrogens is 1. The molecule has 0 spiro atoms. The van der Waals surface area contributed by atoms with Crippen molar-refractivity contribution in [2.24, 2.45) is 0 Å². The summed E-state index contributed by atoms with van der Waals surface area (Å²) in [4.78, 5) is 4.39. The van der Waals surface area contributed by atoms with Gasteiger partial charge in [0.05, 0.1) is 5.69 Å². The van der Waals surface area contributed by atoms with Crippen LogP contribution in [-0.2, 0) is 0 Å². The van der Waals surface area contributed by atoms with E-state index in [2.05, 4.69) is 45.2 Å². The molecule has 0 aliphatic carbocycles.